The normalized spacial score (nSPS) is 10.6. The standard InChI is InChI=1S/C17H13BrFNO/c18-13-2-1-3-15(10-13)20-11-16-8-9-17(21-16)12-4-6-14(19)7-5-12/h1-10,20H,11H2. The minimum Gasteiger partial charge on any atom is -0.459 e. The summed E-state index contributed by atoms with van der Waals surface area (Å²) in [5.74, 6) is 1.32. The van der Waals surface area contributed by atoms with E-state index < -0.39 is 0 Å². The van der Waals surface area contributed by atoms with Gasteiger partial charge in [0, 0.05) is 15.7 Å². The second-order valence-corrected chi connectivity index (χ2v) is 5.55. The smallest absolute Gasteiger partial charge is 0.134 e. The molecule has 1 heterocycles. The fourth-order valence-electron chi connectivity index (χ4n) is 2.03. The first-order valence-electron chi connectivity index (χ1n) is 6.55. The van der Waals surface area contributed by atoms with Crippen LogP contribution < -0.4 is 5.32 Å². The van der Waals surface area contributed by atoms with Crippen molar-refractivity contribution in [2.75, 3.05) is 5.32 Å². The molecule has 106 valence electrons. The Hall–Kier alpha value is -2.07. The molecule has 0 bridgehead atoms. The maximum atomic E-state index is 12.9. The minimum absolute atomic E-state index is 0.248. The summed E-state index contributed by atoms with van der Waals surface area (Å²) in [7, 11) is 0. The summed E-state index contributed by atoms with van der Waals surface area (Å²) in [6.07, 6.45) is 0. The first-order chi connectivity index (χ1) is 10.2. The van der Waals surface area contributed by atoms with Crippen molar-refractivity contribution < 1.29 is 8.81 Å². The average molecular weight is 346 g/mol. The molecule has 3 aromatic rings. The Morgan fingerprint density at radius 3 is 2.57 bits per heavy atom. The first-order valence-corrected chi connectivity index (χ1v) is 7.34. The molecule has 4 heteroatoms. The van der Waals surface area contributed by atoms with Crippen LogP contribution in [0.1, 0.15) is 5.76 Å². The van der Waals surface area contributed by atoms with Crippen LogP contribution in [-0.4, -0.2) is 0 Å². The van der Waals surface area contributed by atoms with Gasteiger partial charge in [0.2, 0.25) is 0 Å². The summed E-state index contributed by atoms with van der Waals surface area (Å²) in [6, 6.07) is 18.0. The largest absolute Gasteiger partial charge is 0.459 e. The zero-order chi connectivity index (χ0) is 14.7. The van der Waals surface area contributed by atoms with E-state index in [2.05, 4.69) is 21.2 Å². The Kier molecular flexibility index (Phi) is 4.06. The number of nitrogens with one attached hydrogen (secondary N) is 1. The molecule has 0 fully saturated rings. The number of rotatable bonds is 4. The van der Waals surface area contributed by atoms with E-state index >= 15 is 0 Å². The van der Waals surface area contributed by atoms with Crippen LogP contribution in [0.15, 0.2) is 69.6 Å². The molecule has 0 unspecified atom stereocenters. The third-order valence-electron chi connectivity index (χ3n) is 3.08. The number of furan rings is 1. The van der Waals surface area contributed by atoms with Crippen molar-refractivity contribution in [2.45, 2.75) is 6.54 Å². The van der Waals surface area contributed by atoms with E-state index in [1.165, 1.54) is 12.1 Å². The van der Waals surface area contributed by atoms with Gasteiger partial charge in [-0.1, -0.05) is 22.0 Å². The Balaban J connectivity index is 1.69. The van der Waals surface area contributed by atoms with Crippen molar-refractivity contribution in [3.63, 3.8) is 0 Å². The Morgan fingerprint density at radius 1 is 1.00 bits per heavy atom. The number of hydrogen-bond donors (Lipinski definition) is 1. The molecule has 0 aliphatic heterocycles. The molecular formula is C17H13BrFNO. The highest BCUT2D eigenvalue weighted by Gasteiger charge is 2.05. The molecule has 0 amide bonds. The van der Waals surface area contributed by atoms with E-state index in [9.17, 15) is 4.39 Å². The highest BCUT2D eigenvalue weighted by Crippen LogP contribution is 2.23. The van der Waals surface area contributed by atoms with Crippen molar-refractivity contribution in [3.8, 4) is 11.3 Å². The highest BCUT2D eigenvalue weighted by atomic mass is 79.9. The molecule has 1 N–H and O–H groups in total. The monoisotopic (exact) mass is 345 g/mol. The fraction of sp³-hybridized carbons (Fsp3) is 0.0588. The van der Waals surface area contributed by atoms with Gasteiger partial charge in [0.15, 0.2) is 0 Å². The minimum atomic E-state index is -0.248. The predicted molar refractivity (Wildman–Crippen MR) is 85.6 cm³/mol. The summed E-state index contributed by atoms with van der Waals surface area (Å²) >= 11 is 3.43. The number of halogens is 2. The zero-order valence-electron chi connectivity index (χ0n) is 11.1. The quantitative estimate of drug-likeness (QED) is 0.679. The van der Waals surface area contributed by atoms with Crippen molar-refractivity contribution in [2.24, 2.45) is 0 Å². The Labute approximate surface area is 130 Å². The molecule has 21 heavy (non-hydrogen) atoms. The third-order valence-corrected chi connectivity index (χ3v) is 3.58. The van der Waals surface area contributed by atoms with Crippen LogP contribution in [0.2, 0.25) is 0 Å². The first kappa shape index (κ1) is 13.9. The summed E-state index contributed by atoms with van der Waals surface area (Å²) in [5, 5.41) is 3.29. The molecule has 0 radical (unpaired) electrons. The Bertz CT molecular complexity index is 737. The SMILES string of the molecule is Fc1ccc(-c2ccc(CNc3cccc(Br)c3)o2)cc1. The van der Waals surface area contributed by atoms with Gasteiger partial charge in [0.25, 0.3) is 0 Å². The van der Waals surface area contributed by atoms with Crippen molar-refractivity contribution >= 4 is 21.6 Å². The van der Waals surface area contributed by atoms with Crippen molar-refractivity contribution in [1.82, 2.24) is 0 Å². The summed E-state index contributed by atoms with van der Waals surface area (Å²) in [6.45, 7) is 0.595. The molecule has 1 aromatic heterocycles. The van der Waals surface area contributed by atoms with Crippen molar-refractivity contribution in [1.29, 1.82) is 0 Å². The molecule has 0 saturated carbocycles. The maximum absolute atomic E-state index is 12.9. The van der Waals surface area contributed by atoms with Gasteiger partial charge in [-0.15, -0.1) is 0 Å². The number of anilines is 1. The molecule has 0 aliphatic rings. The van der Waals surface area contributed by atoms with Crippen LogP contribution in [-0.2, 0) is 6.54 Å². The lowest BCUT2D eigenvalue weighted by atomic mass is 10.2. The highest BCUT2D eigenvalue weighted by molar-refractivity contribution is 9.10. The van der Waals surface area contributed by atoms with Gasteiger partial charge in [-0.25, -0.2) is 4.39 Å². The van der Waals surface area contributed by atoms with Crippen LogP contribution in [0.4, 0.5) is 10.1 Å². The fourth-order valence-corrected chi connectivity index (χ4v) is 2.43. The van der Waals surface area contributed by atoms with Gasteiger partial charge in [0.1, 0.15) is 17.3 Å². The molecule has 2 aromatic carbocycles. The van der Waals surface area contributed by atoms with Crippen LogP contribution in [0.25, 0.3) is 11.3 Å². The van der Waals surface area contributed by atoms with Gasteiger partial charge >= 0.3 is 0 Å². The average Bonchev–Trinajstić information content (AvgIpc) is 2.95. The van der Waals surface area contributed by atoms with Crippen LogP contribution in [0, 0.1) is 5.82 Å². The van der Waals surface area contributed by atoms with Gasteiger partial charge in [-0.2, -0.15) is 0 Å². The zero-order valence-corrected chi connectivity index (χ0v) is 12.7. The molecule has 2 nitrogen and oxygen atoms in total. The van der Waals surface area contributed by atoms with Gasteiger partial charge in [-0.05, 0) is 54.6 Å². The van der Waals surface area contributed by atoms with E-state index in [4.69, 9.17) is 4.42 Å². The molecular weight excluding hydrogens is 333 g/mol. The summed E-state index contributed by atoms with van der Waals surface area (Å²) < 4.78 is 19.7. The molecule has 3 rings (SSSR count). The lowest BCUT2D eigenvalue weighted by molar-refractivity contribution is 0.531. The molecule has 0 atom stereocenters. The van der Waals surface area contributed by atoms with Crippen molar-refractivity contribution in [3.05, 3.63) is 76.7 Å². The van der Waals surface area contributed by atoms with Gasteiger partial charge in [-0.3, -0.25) is 0 Å². The second kappa shape index (κ2) is 6.14. The molecule has 0 spiro atoms. The van der Waals surface area contributed by atoms with Crippen LogP contribution >= 0.6 is 15.9 Å². The number of hydrogen-bond acceptors (Lipinski definition) is 2. The van der Waals surface area contributed by atoms with E-state index in [0.29, 0.717) is 6.54 Å². The van der Waals surface area contributed by atoms with E-state index in [1.54, 1.807) is 12.1 Å². The van der Waals surface area contributed by atoms with E-state index in [0.717, 1.165) is 27.2 Å². The van der Waals surface area contributed by atoms with Gasteiger partial charge < -0.3 is 9.73 Å². The maximum Gasteiger partial charge on any atom is 0.134 e. The lowest BCUT2D eigenvalue weighted by Gasteiger charge is -2.04. The van der Waals surface area contributed by atoms with E-state index in [-0.39, 0.29) is 5.82 Å². The predicted octanol–water partition coefficient (Wildman–Crippen LogP) is 5.46. The number of benzene rings is 2. The lowest BCUT2D eigenvalue weighted by Crippen LogP contribution is -1.97. The third kappa shape index (κ3) is 3.52. The molecule has 0 aliphatic carbocycles. The van der Waals surface area contributed by atoms with Gasteiger partial charge in [0.05, 0.1) is 6.54 Å². The molecule has 0 saturated heterocycles. The van der Waals surface area contributed by atoms with Crippen LogP contribution in [0.5, 0.6) is 0 Å². The Morgan fingerprint density at radius 2 is 1.81 bits per heavy atom. The summed E-state index contributed by atoms with van der Waals surface area (Å²) in [4.78, 5) is 0. The van der Waals surface area contributed by atoms with Crippen LogP contribution in [0.3, 0.4) is 0 Å². The second-order valence-electron chi connectivity index (χ2n) is 4.64. The van der Waals surface area contributed by atoms with E-state index in [1.807, 2.05) is 36.4 Å². The summed E-state index contributed by atoms with van der Waals surface area (Å²) in [5.41, 5.74) is 1.88. The topological polar surface area (TPSA) is 25.2 Å².